The molecule has 18 heteroatoms. The number of anilines is 1. The number of esters is 1. The zero-order valence-corrected chi connectivity index (χ0v) is 34.8. The molecule has 7 unspecified atom stereocenters. The Bertz CT molecular complexity index is 1810. The smallest absolute Gasteiger partial charge is 0.409 e. The molecule has 0 radical (unpaired) electrons. The molecule has 9 atom stereocenters. The maximum Gasteiger partial charge on any atom is 0.409 e. The van der Waals surface area contributed by atoms with E-state index < -0.39 is 102 Å². The van der Waals surface area contributed by atoms with Gasteiger partial charge in [-0.15, -0.1) is 11.8 Å². The van der Waals surface area contributed by atoms with Crippen LogP contribution in [0.3, 0.4) is 0 Å². The highest BCUT2D eigenvalue weighted by Gasteiger charge is 2.64. The number of alkyl carbamates (subject to hydrolysis) is 1. The van der Waals surface area contributed by atoms with Gasteiger partial charge in [-0.1, -0.05) is 49.2 Å². The summed E-state index contributed by atoms with van der Waals surface area (Å²) in [6.07, 6.45) is 1.34. The van der Waals surface area contributed by atoms with Gasteiger partial charge >= 0.3 is 24.0 Å². The van der Waals surface area contributed by atoms with Gasteiger partial charge in [-0.2, -0.15) is 0 Å². The Hall–Kier alpha value is -4.32. The SMILES string of the molecule is COc1cc2cc(c1Cl)N(C)C(=O)CC(OC(=O)[C@H](C)N(C)C(=O)C[C@@H](CSCC(=O)O)C(=O)O)C1(C)OC1C(C)C1CC(O)(NC(=O)O1)C(C)/C=C/C=C(\C)C2. The predicted molar refractivity (Wildman–Crippen MR) is 210 cm³/mol. The fraction of sp³-hybridized carbons (Fsp3) is 0.590. The zero-order valence-electron chi connectivity index (χ0n) is 33.3. The molecule has 0 saturated carbocycles. The van der Waals surface area contributed by atoms with Crippen LogP contribution in [-0.2, 0) is 44.6 Å². The number of ether oxygens (including phenoxy) is 4. The molecule has 4 N–H and O–H groups in total. The van der Waals surface area contributed by atoms with Crippen molar-refractivity contribution in [1.29, 1.82) is 0 Å². The lowest BCUT2D eigenvalue weighted by atomic mass is 9.82. The summed E-state index contributed by atoms with van der Waals surface area (Å²) in [5, 5.41) is 33.0. The number of halogens is 1. The van der Waals surface area contributed by atoms with Crippen LogP contribution in [0, 0.1) is 17.8 Å². The van der Waals surface area contributed by atoms with E-state index in [2.05, 4.69) is 5.32 Å². The van der Waals surface area contributed by atoms with Crippen LogP contribution in [0.1, 0.15) is 59.4 Å². The number of carboxylic acid groups (broad SMARTS) is 2. The molecule has 3 aliphatic rings. The Morgan fingerprint density at radius 1 is 1.19 bits per heavy atom. The summed E-state index contributed by atoms with van der Waals surface area (Å²) in [5.74, 6) is -7.01. The summed E-state index contributed by atoms with van der Waals surface area (Å²) < 4.78 is 23.4. The van der Waals surface area contributed by atoms with Crippen LogP contribution in [-0.4, -0.2) is 124 Å². The molecule has 57 heavy (non-hydrogen) atoms. The van der Waals surface area contributed by atoms with Gasteiger partial charge in [0.2, 0.25) is 11.8 Å². The van der Waals surface area contributed by atoms with Crippen molar-refractivity contribution in [3.63, 3.8) is 0 Å². The number of rotatable bonds is 11. The number of thioether (sulfide) groups is 1. The van der Waals surface area contributed by atoms with E-state index >= 15 is 0 Å². The van der Waals surface area contributed by atoms with Gasteiger partial charge in [-0.25, -0.2) is 9.59 Å². The van der Waals surface area contributed by atoms with Crippen molar-refractivity contribution in [2.45, 2.75) is 96.0 Å². The molecule has 2 saturated heterocycles. The normalized spacial score (nSPS) is 30.2. The zero-order chi connectivity index (χ0) is 42.6. The number of fused-ring (bicyclic) bond motifs is 5. The second-order valence-corrected chi connectivity index (χ2v) is 16.6. The van der Waals surface area contributed by atoms with Crippen LogP contribution < -0.4 is 15.0 Å². The van der Waals surface area contributed by atoms with Crippen molar-refractivity contribution < 1.29 is 63.0 Å². The van der Waals surface area contributed by atoms with Gasteiger partial charge in [0.15, 0.2) is 0 Å². The van der Waals surface area contributed by atoms with Gasteiger partial charge < -0.3 is 44.1 Å². The van der Waals surface area contributed by atoms with Crippen LogP contribution in [0.5, 0.6) is 5.75 Å². The quantitative estimate of drug-likeness (QED) is 0.183. The molecule has 1 aromatic rings. The lowest BCUT2D eigenvalue weighted by Gasteiger charge is -2.41. The molecule has 16 nitrogen and oxygen atoms in total. The molecule has 2 fully saturated rings. The molecule has 314 valence electrons. The fourth-order valence-corrected chi connectivity index (χ4v) is 8.13. The second-order valence-electron chi connectivity index (χ2n) is 15.2. The molecule has 4 bridgehead atoms. The maximum absolute atomic E-state index is 14.2. The minimum atomic E-state index is -1.68. The number of likely N-dealkylation sites (N-methyl/N-ethyl adjacent to an activating group) is 1. The first kappa shape index (κ1) is 45.4. The van der Waals surface area contributed by atoms with Crippen molar-refractivity contribution in [3.8, 4) is 5.75 Å². The van der Waals surface area contributed by atoms with Gasteiger partial charge in [-0.05, 0) is 44.9 Å². The molecule has 0 aliphatic carbocycles. The highest BCUT2D eigenvalue weighted by Crippen LogP contribution is 2.49. The standard InChI is InChI=1S/C39H52ClN3O13S/c1-20-10-9-11-21(2)39(52)17-28(54-37(51)41-39)22(3)34-38(5,56-34)29(16-31(45)43(7)26-13-24(12-20)14-27(53-8)33(26)40)55-36(50)23(4)42(6)30(44)15-25(35(48)49)18-57-19-32(46)47/h9-11,13-14,21-23,25,28-29,34,52H,12,15-19H2,1-8H3,(H,41,51)(H,46,47)(H,48,49)/b11-9+,20-10+/t21?,22?,23-,25-,28?,29?,34?,38?,39?/m0/s1. The lowest BCUT2D eigenvalue weighted by molar-refractivity contribution is -0.162. The number of benzene rings is 1. The number of nitrogens with zero attached hydrogens (tertiary/aromatic N) is 2. The molecule has 3 heterocycles. The van der Waals surface area contributed by atoms with E-state index in [-0.39, 0.29) is 22.9 Å². The third-order valence-corrected chi connectivity index (χ3v) is 12.5. The Labute approximate surface area is 340 Å². The van der Waals surface area contributed by atoms with Gasteiger partial charge in [0.1, 0.15) is 40.3 Å². The third-order valence-electron chi connectivity index (χ3n) is 11.0. The number of hydrogen-bond acceptors (Lipinski definition) is 12. The number of carbonyl (C=O) groups is 6. The number of carbonyl (C=O) groups excluding carboxylic acids is 4. The van der Waals surface area contributed by atoms with E-state index in [9.17, 15) is 39.0 Å². The van der Waals surface area contributed by atoms with E-state index in [1.165, 1.54) is 33.0 Å². The molecular formula is C39H52ClN3O13S. The van der Waals surface area contributed by atoms with Crippen LogP contribution in [0.2, 0.25) is 5.02 Å². The molecule has 0 aromatic heterocycles. The largest absolute Gasteiger partial charge is 0.495 e. The first-order chi connectivity index (χ1) is 26.6. The highest BCUT2D eigenvalue weighted by atomic mass is 35.5. The number of hydrogen-bond donors (Lipinski definition) is 4. The number of epoxide rings is 1. The topological polar surface area (TPSA) is 222 Å². The number of aliphatic carboxylic acids is 2. The van der Waals surface area contributed by atoms with Crippen molar-refractivity contribution in [2.24, 2.45) is 17.8 Å². The number of nitrogens with one attached hydrogen (secondary N) is 1. The number of amides is 3. The first-order valence-corrected chi connectivity index (χ1v) is 20.0. The first-order valence-electron chi connectivity index (χ1n) is 18.5. The summed E-state index contributed by atoms with van der Waals surface area (Å²) in [5.41, 5.74) is -0.938. The molecule has 0 spiro atoms. The van der Waals surface area contributed by atoms with Crippen LogP contribution in [0.25, 0.3) is 0 Å². The number of methoxy groups -OCH3 is 1. The van der Waals surface area contributed by atoms with Crippen LogP contribution >= 0.6 is 23.4 Å². The monoisotopic (exact) mass is 837 g/mol. The van der Waals surface area contributed by atoms with Crippen molar-refractivity contribution in [1.82, 2.24) is 10.2 Å². The fourth-order valence-electron chi connectivity index (χ4n) is 6.98. The summed E-state index contributed by atoms with van der Waals surface area (Å²) in [4.78, 5) is 79.1. The van der Waals surface area contributed by atoms with E-state index in [0.717, 1.165) is 27.8 Å². The molecule has 1 aromatic carbocycles. The van der Waals surface area contributed by atoms with Gasteiger partial charge in [0, 0.05) is 44.5 Å². The minimum Gasteiger partial charge on any atom is -0.495 e. The minimum absolute atomic E-state index is 0.00358. The molecule has 4 rings (SSSR count). The van der Waals surface area contributed by atoms with Crippen LogP contribution in [0.15, 0.2) is 35.9 Å². The Morgan fingerprint density at radius 3 is 2.51 bits per heavy atom. The van der Waals surface area contributed by atoms with E-state index in [0.29, 0.717) is 17.9 Å². The van der Waals surface area contributed by atoms with Gasteiger partial charge in [0.25, 0.3) is 0 Å². The molecular weight excluding hydrogens is 786 g/mol. The van der Waals surface area contributed by atoms with E-state index in [1.54, 1.807) is 45.1 Å². The summed E-state index contributed by atoms with van der Waals surface area (Å²) in [6.45, 7) is 8.49. The Balaban J connectivity index is 1.68. The summed E-state index contributed by atoms with van der Waals surface area (Å²) in [7, 11) is 4.29. The van der Waals surface area contributed by atoms with E-state index in [4.69, 9.17) is 35.7 Å². The van der Waals surface area contributed by atoms with Gasteiger partial charge in [-0.3, -0.25) is 24.5 Å². The molecule has 3 aliphatic heterocycles. The number of allylic oxidation sites excluding steroid dienone is 3. The summed E-state index contributed by atoms with van der Waals surface area (Å²) in [6, 6.07) is 2.27. The Kier molecular flexibility index (Phi) is 14.7. The second kappa shape index (κ2) is 18.5. The van der Waals surface area contributed by atoms with Crippen molar-refractivity contribution in [2.75, 3.05) is 37.6 Å². The number of aliphatic hydroxyl groups is 1. The van der Waals surface area contributed by atoms with Crippen LogP contribution in [0.4, 0.5) is 10.5 Å². The lowest BCUT2D eigenvalue weighted by Crippen LogP contribution is -2.60. The van der Waals surface area contributed by atoms with Gasteiger partial charge in [0.05, 0.1) is 37.0 Å². The van der Waals surface area contributed by atoms with Crippen molar-refractivity contribution >= 4 is 64.9 Å². The number of carboxylic acids is 2. The Morgan fingerprint density at radius 2 is 1.88 bits per heavy atom. The average Bonchev–Trinajstić information content (AvgIpc) is 3.84. The maximum atomic E-state index is 14.2. The van der Waals surface area contributed by atoms with E-state index in [1.807, 2.05) is 13.0 Å². The highest BCUT2D eigenvalue weighted by molar-refractivity contribution is 7.99. The predicted octanol–water partition coefficient (Wildman–Crippen LogP) is 4.04. The molecule has 3 amide bonds. The summed E-state index contributed by atoms with van der Waals surface area (Å²) >= 11 is 7.60. The average molecular weight is 838 g/mol. The van der Waals surface area contributed by atoms with Crippen molar-refractivity contribution in [3.05, 3.63) is 46.5 Å². The third kappa shape index (κ3) is 10.8.